The lowest BCUT2D eigenvalue weighted by atomic mass is 10.0. The fourth-order valence-electron chi connectivity index (χ4n) is 2.79. The summed E-state index contributed by atoms with van der Waals surface area (Å²) in [5.41, 5.74) is 9.89. The largest absolute Gasteiger partial charge is 0.367 e. The second kappa shape index (κ2) is 5.45. The van der Waals surface area contributed by atoms with Crippen molar-refractivity contribution in [3.8, 4) is 0 Å². The molecular formula is C17H18F2N2. The van der Waals surface area contributed by atoms with Crippen molar-refractivity contribution in [3.05, 3.63) is 64.7 Å². The first kappa shape index (κ1) is 14.0. The second-order valence-corrected chi connectivity index (χ2v) is 5.58. The third-order valence-corrected chi connectivity index (χ3v) is 4.00. The van der Waals surface area contributed by atoms with Crippen LogP contribution in [0.25, 0.3) is 0 Å². The molecule has 2 aromatic rings. The van der Waals surface area contributed by atoms with Crippen molar-refractivity contribution >= 4 is 5.69 Å². The maximum atomic E-state index is 13.8. The SMILES string of the molecule is CC(N)c1ccc2c(c1)CCN2Cc1ccc(F)cc1F. The molecule has 0 saturated heterocycles. The number of fused-ring (bicyclic) bond motifs is 1. The Morgan fingerprint density at radius 2 is 2.00 bits per heavy atom. The van der Waals surface area contributed by atoms with Crippen LogP contribution in [0.4, 0.5) is 14.5 Å². The third-order valence-electron chi connectivity index (χ3n) is 4.00. The first-order valence-corrected chi connectivity index (χ1v) is 7.12. The van der Waals surface area contributed by atoms with Crippen LogP contribution >= 0.6 is 0 Å². The Bertz CT molecular complexity index is 668. The molecule has 0 amide bonds. The smallest absolute Gasteiger partial charge is 0.131 e. The van der Waals surface area contributed by atoms with Gasteiger partial charge in [-0.05, 0) is 36.6 Å². The molecule has 0 radical (unpaired) electrons. The van der Waals surface area contributed by atoms with E-state index in [1.54, 1.807) is 0 Å². The van der Waals surface area contributed by atoms with Crippen LogP contribution in [0.5, 0.6) is 0 Å². The van der Waals surface area contributed by atoms with Gasteiger partial charge >= 0.3 is 0 Å². The van der Waals surface area contributed by atoms with Gasteiger partial charge in [0.05, 0.1) is 0 Å². The Labute approximate surface area is 123 Å². The van der Waals surface area contributed by atoms with E-state index in [1.807, 2.05) is 19.1 Å². The fourth-order valence-corrected chi connectivity index (χ4v) is 2.79. The highest BCUT2D eigenvalue weighted by Gasteiger charge is 2.21. The molecule has 0 aliphatic carbocycles. The van der Waals surface area contributed by atoms with Crippen LogP contribution in [0.2, 0.25) is 0 Å². The van der Waals surface area contributed by atoms with Crippen LogP contribution in [0.3, 0.4) is 0 Å². The van der Waals surface area contributed by atoms with Gasteiger partial charge in [-0.1, -0.05) is 18.2 Å². The predicted molar refractivity (Wildman–Crippen MR) is 80.2 cm³/mol. The number of halogens is 2. The fraction of sp³-hybridized carbons (Fsp3) is 0.294. The summed E-state index contributed by atoms with van der Waals surface area (Å²) < 4.78 is 26.7. The van der Waals surface area contributed by atoms with Gasteiger partial charge in [0.15, 0.2) is 0 Å². The third kappa shape index (κ3) is 2.76. The first-order chi connectivity index (χ1) is 10.0. The van der Waals surface area contributed by atoms with E-state index in [2.05, 4.69) is 11.0 Å². The number of rotatable bonds is 3. The maximum Gasteiger partial charge on any atom is 0.131 e. The lowest BCUT2D eigenvalue weighted by molar-refractivity contribution is 0.570. The first-order valence-electron chi connectivity index (χ1n) is 7.12. The lowest BCUT2D eigenvalue weighted by Crippen LogP contribution is -2.20. The molecular weight excluding hydrogens is 270 g/mol. The minimum Gasteiger partial charge on any atom is -0.367 e. The summed E-state index contributed by atoms with van der Waals surface area (Å²) in [7, 11) is 0. The summed E-state index contributed by atoms with van der Waals surface area (Å²) in [6.45, 7) is 3.26. The monoisotopic (exact) mass is 288 g/mol. The van der Waals surface area contributed by atoms with Crippen LogP contribution in [0.1, 0.15) is 29.7 Å². The van der Waals surface area contributed by atoms with Gasteiger partial charge in [0, 0.05) is 36.4 Å². The van der Waals surface area contributed by atoms with E-state index in [1.165, 1.54) is 17.7 Å². The van der Waals surface area contributed by atoms with E-state index >= 15 is 0 Å². The molecule has 21 heavy (non-hydrogen) atoms. The highest BCUT2D eigenvalue weighted by molar-refractivity contribution is 5.59. The molecule has 1 aliphatic heterocycles. The van der Waals surface area contributed by atoms with E-state index in [9.17, 15) is 8.78 Å². The molecule has 3 rings (SSSR count). The normalized spacial score (nSPS) is 15.1. The number of hydrogen-bond donors (Lipinski definition) is 1. The number of anilines is 1. The number of nitrogens with zero attached hydrogens (tertiary/aromatic N) is 1. The minimum atomic E-state index is -0.542. The maximum absolute atomic E-state index is 13.8. The standard InChI is InChI=1S/C17H18F2N2/c1-11(20)12-3-5-17-13(8-12)6-7-21(17)10-14-2-4-15(18)9-16(14)19/h2-5,8-9,11H,6-7,10,20H2,1H3. The van der Waals surface area contributed by atoms with E-state index in [0.29, 0.717) is 12.1 Å². The van der Waals surface area contributed by atoms with Gasteiger partial charge in [-0.25, -0.2) is 8.78 Å². The van der Waals surface area contributed by atoms with Gasteiger partial charge in [0.25, 0.3) is 0 Å². The van der Waals surface area contributed by atoms with E-state index < -0.39 is 11.6 Å². The molecule has 0 aromatic heterocycles. The molecule has 2 aromatic carbocycles. The van der Waals surface area contributed by atoms with Gasteiger partial charge in [-0.15, -0.1) is 0 Å². The van der Waals surface area contributed by atoms with Crippen LogP contribution in [-0.2, 0) is 13.0 Å². The number of nitrogens with two attached hydrogens (primary N) is 1. The molecule has 0 saturated carbocycles. The van der Waals surface area contributed by atoms with Crippen molar-refractivity contribution in [3.63, 3.8) is 0 Å². The zero-order valence-corrected chi connectivity index (χ0v) is 11.9. The van der Waals surface area contributed by atoms with Crippen molar-refractivity contribution in [2.75, 3.05) is 11.4 Å². The predicted octanol–water partition coefficient (Wildman–Crippen LogP) is 3.55. The van der Waals surface area contributed by atoms with E-state index in [4.69, 9.17) is 5.73 Å². The molecule has 1 heterocycles. The second-order valence-electron chi connectivity index (χ2n) is 5.58. The molecule has 0 fully saturated rings. The van der Waals surface area contributed by atoms with Gasteiger partial charge < -0.3 is 10.6 Å². The van der Waals surface area contributed by atoms with Crippen LogP contribution in [0.15, 0.2) is 36.4 Å². The van der Waals surface area contributed by atoms with E-state index in [-0.39, 0.29) is 6.04 Å². The Morgan fingerprint density at radius 1 is 1.19 bits per heavy atom. The van der Waals surface area contributed by atoms with Gasteiger partial charge in [-0.2, -0.15) is 0 Å². The molecule has 1 atom stereocenters. The molecule has 4 heteroatoms. The Balaban J connectivity index is 1.84. The Hall–Kier alpha value is -1.94. The van der Waals surface area contributed by atoms with Crippen LogP contribution in [0, 0.1) is 11.6 Å². The zero-order chi connectivity index (χ0) is 15.0. The summed E-state index contributed by atoms with van der Waals surface area (Å²) in [6, 6.07) is 9.95. The van der Waals surface area contributed by atoms with Crippen LogP contribution in [-0.4, -0.2) is 6.54 Å². The lowest BCUT2D eigenvalue weighted by Gasteiger charge is -2.20. The molecule has 0 spiro atoms. The molecule has 110 valence electrons. The van der Waals surface area contributed by atoms with Crippen molar-refractivity contribution in [2.45, 2.75) is 25.9 Å². The molecule has 1 unspecified atom stereocenters. The van der Waals surface area contributed by atoms with Crippen LogP contribution < -0.4 is 10.6 Å². The Kier molecular flexibility index (Phi) is 3.64. The topological polar surface area (TPSA) is 29.3 Å². The summed E-state index contributed by atoms with van der Waals surface area (Å²) in [4.78, 5) is 2.12. The zero-order valence-electron chi connectivity index (χ0n) is 11.9. The molecule has 1 aliphatic rings. The summed E-state index contributed by atoms with van der Waals surface area (Å²) in [5.74, 6) is -1.03. The highest BCUT2D eigenvalue weighted by Crippen LogP contribution is 2.31. The van der Waals surface area contributed by atoms with Crippen molar-refractivity contribution in [1.29, 1.82) is 0 Å². The molecule has 2 N–H and O–H groups in total. The minimum absolute atomic E-state index is 0.0129. The van der Waals surface area contributed by atoms with Crippen molar-refractivity contribution in [2.24, 2.45) is 5.73 Å². The quantitative estimate of drug-likeness (QED) is 0.936. The van der Waals surface area contributed by atoms with Gasteiger partial charge in [0.1, 0.15) is 11.6 Å². The highest BCUT2D eigenvalue weighted by atomic mass is 19.1. The summed E-state index contributed by atoms with van der Waals surface area (Å²) >= 11 is 0. The summed E-state index contributed by atoms with van der Waals surface area (Å²) in [6.07, 6.45) is 0.929. The average molecular weight is 288 g/mol. The van der Waals surface area contributed by atoms with Crippen molar-refractivity contribution < 1.29 is 8.78 Å². The average Bonchev–Trinajstić information content (AvgIpc) is 2.84. The number of benzene rings is 2. The Morgan fingerprint density at radius 3 is 2.71 bits per heavy atom. The van der Waals surface area contributed by atoms with E-state index in [0.717, 1.165) is 30.3 Å². The summed E-state index contributed by atoms with van der Waals surface area (Å²) in [5, 5.41) is 0. The molecule has 2 nitrogen and oxygen atoms in total. The van der Waals surface area contributed by atoms with Gasteiger partial charge in [-0.3, -0.25) is 0 Å². The number of hydrogen-bond acceptors (Lipinski definition) is 2. The van der Waals surface area contributed by atoms with Crippen molar-refractivity contribution in [1.82, 2.24) is 0 Å². The van der Waals surface area contributed by atoms with Gasteiger partial charge in [0.2, 0.25) is 0 Å². The molecule has 0 bridgehead atoms.